The Bertz CT molecular complexity index is 1450. The van der Waals surface area contributed by atoms with E-state index < -0.39 is 23.8 Å². The molecule has 3 heterocycles. The van der Waals surface area contributed by atoms with Crippen molar-refractivity contribution in [2.75, 3.05) is 0 Å². The summed E-state index contributed by atoms with van der Waals surface area (Å²) in [6, 6.07) is 3.18. The zero-order valence-electron chi connectivity index (χ0n) is 19.7. The van der Waals surface area contributed by atoms with Gasteiger partial charge in [-0.25, -0.2) is 14.6 Å². The number of aryl methyl sites for hydroxylation is 3. The molecule has 0 bridgehead atoms. The van der Waals surface area contributed by atoms with Crippen molar-refractivity contribution < 1.29 is 14.0 Å². The summed E-state index contributed by atoms with van der Waals surface area (Å²) in [5.74, 6) is -0.827. The lowest BCUT2D eigenvalue weighted by molar-refractivity contribution is 0.0935. The number of amides is 3. The second-order valence-corrected chi connectivity index (χ2v) is 8.45. The Morgan fingerprint density at radius 2 is 1.92 bits per heavy atom. The topological polar surface area (TPSA) is 145 Å². The molecule has 0 aliphatic rings. The van der Waals surface area contributed by atoms with E-state index in [0.717, 1.165) is 5.56 Å². The van der Waals surface area contributed by atoms with Gasteiger partial charge in [0.25, 0.3) is 5.91 Å². The molecule has 0 radical (unpaired) electrons. The quantitative estimate of drug-likeness (QED) is 0.348. The maximum atomic E-state index is 15.1. The molecule has 0 aliphatic carbocycles. The van der Waals surface area contributed by atoms with Crippen LogP contribution >= 0.6 is 11.6 Å². The lowest BCUT2D eigenvalue weighted by Gasteiger charge is -2.16. The number of nitrogens with zero attached hydrogens (tertiary/aromatic N) is 7. The van der Waals surface area contributed by atoms with Crippen molar-refractivity contribution >= 4 is 23.5 Å². The van der Waals surface area contributed by atoms with Crippen LogP contribution in [0, 0.1) is 12.7 Å². The van der Waals surface area contributed by atoms with E-state index in [4.69, 9.17) is 11.6 Å². The third-order valence-electron chi connectivity index (χ3n) is 5.23. The molecule has 4 rings (SSSR count). The largest absolute Gasteiger partial charge is 0.334 e. The summed E-state index contributed by atoms with van der Waals surface area (Å²) in [4.78, 5) is 29.8. The summed E-state index contributed by atoms with van der Waals surface area (Å²) in [6.45, 7) is 3.41. The maximum Gasteiger partial charge on any atom is 0.334 e. The molecule has 36 heavy (non-hydrogen) atoms. The molecule has 0 saturated carbocycles. The van der Waals surface area contributed by atoms with E-state index in [9.17, 15) is 9.59 Å². The van der Waals surface area contributed by atoms with E-state index in [-0.39, 0.29) is 11.3 Å². The zero-order chi connectivity index (χ0) is 26.0. The molecule has 186 valence electrons. The van der Waals surface area contributed by atoms with Crippen molar-refractivity contribution in [2.45, 2.75) is 19.9 Å². The Kier molecular flexibility index (Phi) is 6.92. The Hall–Kier alpha value is -4.39. The lowest BCUT2D eigenvalue weighted by atomic mass is 9.96. The van der Waals surface area contributed by atoms with Gasteiger partial charge < -0.3 is 5.32 Å². The average Bonchev–Trinajstić information content (AvgIpc) is 3.44. The number of urea groups is 1. The number of pyridine rings is 1. The van der Waals surface area contributed by atoms with E-state index in [1.807, 2.05) is 6.92 Å². The number of rotatable bonds is 5. The summed E-state index contributed by atoms with van der Waals surface area (Å²) >= 11 is 6.27. The second kappa shape index (κ2) is 10.1. The van der Waals surface area contributed by atoms with E-state index >= 15 is 4.39 Å². The van der Waals surface area contributed by atoms with Gasteiger partial charge in [0.1, 0.15) is 5.82 Å². The molecule has 3 N–H and O–H groups in total. The first-order chi connectivity index (χ1) is 17.1. The molecule has 14 heteroatoms. The summed E-state index contributed by atoms with van der Waals surface area (Å²) in [7, 11) is 3.30. The average molecular weight is 513 g/mol. The molecule has 12 nitrogen and oxygen atoms in total. The number of carbonyl (C=O) groups is 2. The minimum Gasteiger partial charge on any atom is -0.329 e. The van der Waals surface area contributed by atoms with Crippen molar-refractivity contribution in [1.29, 1.82) is 0 Å². The van der Waals surface area contributed by atoms with Crippen LogP contribution < -0.4 is 16.2 Å². The number of hydrogen-bond donors (Lipinski definition) is 3. The van der Waals surface area contributed by atoms with Crippen molar-refractivity contribution in [2.24, 2.45) is 14.1 Å². The summed E-state index contributed by atoms with van der Waals surface area (Å²) in [6.07, 6.45) is 4.32. The van der Waals surface area contributed by atoms with E-state index in [0.29, 0.717) is 27.5 Å². The maximum absolute atomic E-state index is 15.1. The highest BCUT2D eigenvalue weighted by Gasteiger charge is 2.20. The first-order valence-electron chi connectivity index (χ1n) is 10.7. The Morgan fingerprint density at radius 3 is 2.56 bits per heavy atom. The second-order valence-electron chi connectivity index (χ2n) is 8.02. The minimum atomic E-state index is -0.809. The monoisotopic (exact) mass is 512 g/mol. The summed E-state index contributed by atoms with van der Waals surface area (Å²) in [5, 5.41) is 19.1. The van der Waals surface area contributed by atoms with Gasteiger partial charge in [-0.05, 0) is 48.4 Å². The number of hydrogen-bond acceptors (Lipinski definition) is 7. The van der Waals surface area contributed by atoms with Gasteiger partial charge in [0, 0.05) is 35.6 Å². The van der Waals surface area contributed by atoms with Crippen LogP contribution in [0.15, 0.2) is 36.8 Å². The van der Waals surface area contributed by atoms with Crippen LogP contribution in [0.5, 0.6) is 0 Å². The molecule has 1 aromatic carbocycles. The number of aromatic nitrogens is 7. The lowest BCUT2D eigenvalue weighted by Crippen LogP contribution is -2.47. The highest BCUT2D eigenvalue weighted by Crippen LogP contribution is 2.36. The van der Waals surface area contributed by atoms with Gasteiger partial charge in [-0.3, -0.25) is 19.9 Å². The molecule has 0 spiro atoms. The van der Waals surface area contributed by atoms with Gasteiger partial charge in [-0.2, -0.15) is 9.90 Å². The molecule has 0 saturated heterocycles. The van der Waals surface area contributed by atoms with Gasteiger partial charge in [-0.1, -0.05) is 11.6 Å². The molecule has 0 fully saturated rings. The molecule has 0 aliphatic heterocycles. The van der Waals surface area contributed by atoms with Crippen LogP contribution in [-0.4, -0.2) is 46.9 Å². The van der Waals surface area contributed by atoms with E-state index in [1.54, 1.807) is 33.2 Å². The SMILES string of the molecule is Cc1cc(Cl)cc(-c2cnc([C@@H](C)NC(=O)NNC(=O)c3cnn(C)c3)c(F)c2)c1-c1nnn(C)n1. The molecule has 1 atom stereocenters. The molecule has 4 aromatic rings. The fourth-order valence-electron chi connectivity index (χ4n) is 3.59. The highest BCUT2D eigenvalue weighted by atomic mass is 35.5. The van der Waals surface area contributed by atoms with E-state index in [2.05, 4.69) is 41.7 Å². The molecular weight excluding hydrogens is 491 g/mol. The predicted molar refractivity (Wildman–Crippen MR) is 128 cm³/mol. The van der Waals surface area contributed by atoms with Crippen molar-refractivity contribution in [3.8, 4) is 22.5 Å². The smallest absolute Gasteiger partial charge is 0.329 e. The Balaban J connectivity index is 1.50. The fraction of sp³-hybridized carbons (Fsp3) is 0.227. The summed E-state index contributed by atoms with van der Waals surface area (Å²) in [5.41, 5.74) is 7.20. The van der Waals surface area contributed by atoms with Crippen LogP contribution in [0.4, 0.5) is 9.18 Å². The fourth-order valence-corrected chi connectivity index (χ4v) is 3.86. The molecule has 0 unspecified atom stereocenters. The van der Waals surface area contributed by atoms with Crippen molar-refractivity contribution in [3.05, 3.63) is 64.5 Å². The predicted octanol–water partition coefficient (Wildman–Crippen LogP) is 2.48. The standard InChI is InChI=1S/C22H22ClFN10O2/c1-11-5-15(23)7-16(18(11)20-28-32-34(4)31-20)13-6-17(24)19(25-8-13)12(2)27-22(36)30-29-21(35)14-9-26-33(3)10-14/h5-10,12H,1-4H3,(H,29,35)(H2,27,30,36)/t12-/m1/s1. The molecule has 3 amide bonds. The number of benzene rings is 1. The normalized spacial score (nSPS) is 11.7. The van der Waals surface area contributed by atoms with Gasteiger partial charge in [0.2, 0.25) is 5.82 Å². The highest BCUT2D eigenvalue weighted by molar-refractivity contribution is 6.31. The molecule has 3 aromatic heterocycles. The van der Waals surface area contributed by atoms with Crippen LogP contribution in [0.3, 0.4) is 0 Å². The number of hydrazine groups is 1. The number of halogens is 2. The van der Waals surface area contributed by atoms with Gasteiger partial charge in [0.15, 0.2) is 0 Å². The van der Waals surface area contributed by atoms with Crippen molar-refractivity contribution in [3.63, 3.8) is 0 Å². The zero-order valence-corrected chi connectivity index (χ0v) is 20.5. The van der Waals surface area contributed by atoms with Crippen LogP contribution in [-0.2, 0) is 14.1 Å². The molecular formula is C22H22ClFN10O2. The van der Waals surface area contributed by atoms with Gasteiger partial charge in [0.05, 0.1) is 30.5 Å². The van der Waals surface area contributed by atoms with Gasteiger partial charge >= 0.3 is 6.03 Å². The summed E-state index contributed by atoms with van der Waals surface area (Å²) < 4.78 is 16.6. The number of nitrogens with one attached hydrogen (secondary N) is 3. The van der Waals surface area contributed by atoms with Crippen LogP contribution in [0.1, 0.15) is 34.6 Å². The van der Waals surface area contributed by atoms with E-state index in [1.165, 1.54) is 34.1 Å². The first-order valence-corrected chi connectivity index (χ1v) is 11.1. The Morgan fingerprint density at radius 1 is 1.14 bits per heavy atom. The first kappa shape index (κ1) is 24.7. The van der Waals surface area contributed by atoms with Crippen LogP contribution in [0.25, 0.3) is 22.5 Å². The third kappa shape index (κ3) is 5.30. The van der Waals surface area contributed by atoms with Crippen molar-refractivity contribution in [1.82, 2.24) is 51.1 Å². The number of carbonyl (C=O) groups excluding carboxylic acids is 2. The Labute approximate surface area is 209 Å². The third-order valence-corrected chi connectivity index (χ3v) is 5.45. The minimum absolute atomic E-state index is 0.00501. The van der Waals surface area contributed by atoms with Gasteiger partial charge in [-0.15, -0.1) is 10.2 Å². The van der Waals surface area contributed by atoms with Crippen LogP contribution in [0.2, 0.25) is 5.02 Å². The number of tetrazole rings is 1.